The first-order valence-corrected chi connectivity index (χ1v) is 5.64. The molecular weight excluding hydrogens is 200 g/mol. The molecule has 0 aromatic heterocycles. The van der Waals surface area contributed by atoms with E-state index in [1.54, 1.807) is 0 Å². The fourth-order valence-corrected chi connectivity index (χ4v) is 2.17. The highest BCUT2D eigenvalue weighted by Crippen LogP contribution is 2.34. The van der Waals surface area contributed by atoms with Gasteiger partial charge in [-0.2, -0.15) is 0 Å². The summed E-state index contributed by atoms with van der Waals surface area (Å²) in [5, 5.41) is 8.80. The van der Waals surface area contributed by atoms with Gasteiger partial charge in [0.05, 0.1) is 0 Å². The van der Waals surface area contributed by atoms with E-state index in [4.69, 9.17) is 5.11 Å². The maximum atomic E-state index is 10.7. The first-order valence-electron chi connectivity index (χ1n) is 5.64. The van der Waals surface area contributed by atoms with E-state index in [2.05, 4.69) is 32.0 Å². The van der Waals surface area contributed by atoms with Gasteiger partial charge in [-0.05, 0) is 41.0 Å². The summed E-state index contributed by atoms with van der Waals surface area (Å²) in [5.41, 5.74) is 4.65. The van der Waals surface area contributed by atoms with E-state index in [-0.39, 0.29) is 0 Å². The van der Waals surface area contributed by atoms with Crippen LogP contribution in [-0.4, -0.2) is 11.1 Å². The van der Waals surface area contributed by atoms with Crippen LogP contribution in [0.15, 0.2) is 24.3 Å². The van der Waals surface area contributed by atoms with Crippen LogP contribution in [0.3, 0.4) is 0 Å². The first-order chi connectivity index (χ1) is 7.58. The summed E-state index contributed by atoms with van der Waals surface area (Å²) in [6.45, 7) is 4.30. The van der Waals surface area contributed by atoms with Crippen molar-refractivity contribution in [1.29, 1.82) is 0 Å². The first kappa shape index (κ1) is 10.9. The molecule has 0 unspecified atom stereocenters. The number of allylic oxidation sites excluding steroid dienone is 1. The van der Waals surface area contributed by atoms with Gasteiger partial charge in [0.15, 0.2) is 0 Å². The van der Waals surface area contributed by atoms with Crippen molar-refractivity contribution in [2.75, 3.05) is 0 Å². The van der Waals surface area contributed by atoms with Gasteiger partial charge in [-0.3, -0.25) is 0 Å². The Hall–Kier alpha value is -1.57. The molecule has 0 bridgehead atoms. The zero-order valence-electron chi connectivity index (χ0n) is 9.66. The van der Waals surface area contributed by atoms with Crippen molar-refractivity contribution in [2.24, 2.45) is 0 Å². The van der Waals surface area contributed by atoms with Crippen LogP contribution in [0.25, 0.3) is 5.57 Å². The summed E-state index contributed by atoms with van der Waals surface area (Å²) in [6.07, 6.45) is 3.16. The summed E-state index contributed by atoms with van der Waals surface area (Å²) in [7, 11) is 0. The Labute approximate surface area is 95.6 Å². The highest BCUT2D eigenvalue weighted by molar-refractivity contribution is 5.91. The fraction of sp³-hybridized carbons (Fsp3) is 0.357. The lowest BCUT2D eigenvalue weighted by atomic mass is 9.97. The number of fused-ring (bicyclic) bond motifs is 1. The van der Waals surface area contributed by atoms with Crippen molar-refractivity contribution in [3.05, 3.63) is 41.0 Å². The molecule has 84 valence electrons. The van der Waals surface area contributed by atoms with Crippen LogP contribution in [0.2, 0.25) is 0 Å². The van der Waals surface area contributed by atoms with Crippen LogP contribution in [0, 0.1) is 0 Å². The van der Waals surface area contributed by atoms with Crippen molar-refractivity contribution >= 4 is 11.5 Å². The van der Waals surface area contributed by atoms with Crippen LogP contribution in [0.1, 0.15) is 42.9 Å². The molecule has 1 aromatic carbocycles. The molecule has 0 radical (unpaired) electrons. The lowest BCUT2D eigenvalue weighted by molar-refractivity contribution is -0.131. The summed E-state index contributed by atoms with van der Waals surface area (Å²) in [5.74, 6) is -0.366. The third-order valence-electron chi connectivity index (χ3n) is 3.11. The average Bonchev–Trinajstić information content (AvgIpc) is 2.60. The molecule has 1 aliphatic rings. The molecule has 2 rings (SSSR count). The summed E-state index contributed by atoms with van der Waals surface area (Å²) in [4.78, 5) is 10.7. The summed E-state index contributed by atoms with van der Waals surface area (Å²) < 4.78 is 0. The molecule has 0 fully saturated rings. The van der Waals surface area contributed by atoms with Crippen molar-refractivity contribution in [1.82, 2.24) is 0 Å². The van der Waals surface area contributed by atoms with Gasteiger partial charge in [0.25, 0.3) is 0 Å². The van der Waals surface area contributed by atoms with Crippen molar-refractivity contribution < 1.29 is 9.90 Å². The van der Waals surface area contributed by atoms with E-state index in [0.717, 1.165) is 24.0 Å². The second-order valence-corrected chi connectivity index (χ2v) is 4.58. The largest absolute Gasteiger partial charge is 0.478 e. The Morgan fingerprint density at radius 1 is 1.38 bits per heavy atom. The van der Waals surface area contributed by atoms with E-state index < -0.39 is 5.97 Å². The van der Waals surface area contributed by atoms with E-state index in [9.17, 15) is 4.79 Å². The molecule has 0 amide bonds. The second-order valence-electron chi connectivity index (χ2n) is 4.58. The van der Waals surface area contributed by atoms with E-state index in [1.165, 1.54) is 17.2 Å². The van der Waals surface area contributed by atoms with Crippen LogP contribution >= 0.6 is 0 Å². The lowest BCUT2D eigenvalue weighted by Crippen LogP contribution is -1.92. The van der Waals surface area contributed by atoms with Crippen LogP contribution in [0.5, 0.6) is 0 Å². The van der Waals surface area contributed by atoms with Gasteiger partial charge in [0.1, 0.15) is 0 Å². The Balaban J connectivity index is 2.45. The second kappa shape index (κ2) is 4.12. The zero-order valence-corrected chi connectivity index (χ0v) is 9.66. The number of benzene rings is 1. The highest BCUT2D eigenvalue weighted by Gasteiger charge is 2.17. The Morgan fingerprint density at radius 2 is 2.12 bits per heavy atom. The molecule has 0 heterocycles. The number of carbonyl (C=O) groups is 1. The number of carboxylic acids is 1. The predicted octanol–water partition coefficient (Wildman–Crippen LogP) is 3.22. The van der Waals surface area contributed by atoms with Crippen LogP contribution in [0.4, 0.5) is 0 Å². The molecule has 1 aromatic rings. The molecular formula is C14H16O2. The number of hydrogen-bond donors (Lipinski definition) is 1. The van der Waals surface area contributed by atoms with Gasteiger partial charge in [-0.1, -0.05) is 32.0 Å². The average molecular weight is 216 g/mol. The van der Waals surface area contributed by atoms with Gasteiger partial charge in [-0.25, -0.2) is 4.79 Å². The van der Waals surface area contributed by atoms with Gasteiger partial charge in [0, 0.05) is 6.08 Å². The number of aryl methyl sites for hydroxylation is 1. The van der Waals surface area contributed by atoms with Crippen molar-refractivity contribution in [3.63, 3.8) is 0 Å². The molecule has 0 saturated heterocycles. The number of hydrogen-bond acceptors (Lipinski definition) is 1. The maximum Gasteiger partial charge on any atom is 0.328 e. The van der Waals surface area contributed by atoms with Crippen LogP contribution < -0.4 is 0 Å². The number of carboxylic acid groups (broad SMARTS) is 1. The molecule has 2 heteroatoms. The molecule has 2 nitrogen and oxygen atoms in total. The zero-order chi connectivity index (χ0) is 11.7. The quantitative estimate of drug-likeness (QED) is 0.771. The Kier molecular flexibility index (Phi) is 2.82. The van der Waals surface area contributed by atoms with Crippen molar-refractivity contribution in [2.45, 2.75) is 32.6 Å². The standard InChI is InChI=1S/C14H16O2/c1-9(2)11-5-3-10-4-6-12(8-14(15)16)13(10)7-11/h3,5,7-9H,4,6H2,1-2H3,(H,15,16)/b12-8+. The monoisotopic (exact) mass is 216 g/mol. The predicted molar refractivity (Wildman–Crippen MR) is 64.5 cm³/mol. The summed E-state index contributed by atoms with van der Waals surface area (Å²) in [6, 6.07) is 6.42. The number of aliphatic carboxylic acids is 1. The van der Waals surface area contributed by atoms with Gasteiger partial charge >= 0.3 is 5.97 Å². The van der Waals surface area contributed by atoms with Crippen LogP contribution in [-0.2, 0) is 11.2 Å². The van der Waals surface area contributed by atoms with Gasteiger partial charge in [-0.15, -0.1) is 0 Å². The summed E-state index contributed by atoms with van der Waals surface area (Å²) >= 11 is 0. The minimum atomic E-state index is -0.849. The molecule has 0 spiro atoms. The molecule has 1 N–H and O–H groups in total. The third-order valence-corrected chi connectivity index (χ3v) is 3.11. The maximum absolute atomic E-state index is 10.7. The molecule has 0 atom stereocenters. The number of rotatable bonds is 2. The molecule has 16 heavy (non-hydrogen) atoms. The molecule has 1 aliphatic carbocycles. The molecule has 0 aliphatic heterocycles. The highest BCUT2D eigenvalue weighted by atomic mass is 16.4. The molecule has 0 saturated carbocycles. The van der Waals surface area contributed by atoms with E-state index in [1.807, 2.05) is 0 Å². The van der Waals surface area contributed by atoms with Crippen molar-refractivity contribution in [3.8, 4) is 0 Å². The fourth-order valence-electron chi connectivity index (χ4n) is 2.17. The third kappa shape index (κ3) is 2.01. The normalized spacial score (nSPS) is 16.8. The van der Waals surface area contributed by atoms with E-state index >= 15 is 0 Å². The lowest BCUT2D eigenvalue weighted by Gasteiger charge is -2.08. The smallest absolute Gasteiger partial charge is 0.328 e. The topological polar surface area (TPSA) is 37.3 Å². The Morgan fingerprint density at radius 3 is 2.75 bits per heavy atom. The minimum absolute atomic E-state index is 0.483. The SMILES string of the molecule is CC(C)c1ccc2c(c1)/C(=C/C(=O)O)CC2. The van der Waals surface area contributed by atoms with Gasteiger partial charge in [0.2, 0.25) is 0 Å². The minimum Gasteiger partial charge on any atom is -0.478 e. The Bertz CT molecular complexity index is 456. The van der Waals surface area contributed by atoms with E-state index in [0.29, 0.717) is 5.92 Å². The van der Waals surface area contributed by atoms with Gasteiger partial charge < -0.3 is 5.11 Å².